The van der Waals surface area contributed by atoms with Crippen molar-refractivity contribution >= 4 is 5.97 Å². The van der Waals surface area contributed by atoms with E-state index in [9.17, 15) is 4.79 Å². The molecule has 4 fully saturated rings. The highest BCUT2D eigenvalue weighted by Gasteiger charge is 2.69. The Kier molecular flexibility index (Phi) is 12.9. The Bertz CT molecular complexity index is 1120. The molecule has 0 aromatic rings. The van der Waals surface area contributed by atoms with E-state index in [2.05, 4.69) is 61.5 Å². The van der Waals surface area contributed by atoms with E-state index in [0.717, 1.165) is 18.8 Å². The zero-order chi connectivity index (χ0) is 35.5. The number of carbonyl (C=O) groups is 1. The summed E-state index contributed by atoms with van der Waals surface area (Å²) in [5.41, 5.74) is 2.64. The van der Waals surface area contributed by atoms with Gasteiger partial charge in [0.25, 0.3) is 0 Å². The van der Waals surface area contributed by atoms with Gasteiger partial charge in [-0.15, -0.1) is 0 Å². The number of hydrogen-bond donors (Lipinski definition) is 0. The highest BCUT2D eigenvalue weighted by Crippen LogP contribution is 2.75. The van der Waals surface area contributed by atoms with Crippen LogP contribution >= 0.6 is 0 Å². The Balaban J connectivity index is 1.14. The molecule has 5 rings (SSSR count). The van der Waals surface area contributed by atoms with Crippen LogP contribution in [0.4, 0.5) is 0 Å². The number of carbonyl (C=O) groups excluding carboxylic acids is 1. The molecule has 0 aromatic carbocycles. The summed E-state index contributed by atoms with van der Waals surface area (Å²) in [5, 5.41) is 0. The van der Waals surface area contributed by atoms with Gasteiger partial charge in [0.05, 0.1) is 5.60 Å². The lowest BCUT2D eigenvalue weighted by molar-refractivity contribution is -0.219. The van der Waals surface area contributed by atoms with Crippen LogP contribution in [-0.4, -0.2) is 24.8 Å². The van der Waals surface area contributed by atoms with Gasteiger partial charge in [-0.1, -0.05) is 144 Å². The molecule has 0 aliphatic heterocycles. The Labute approximate surface area is 304 Å². The van der Waals surface area contributed by atoms with Gasteiger partial charge >= 0.3 is 5.97 Å². The number of rotatable bonds is 16. The zero-order valence-corrected chi connectivity index (χ0v) is 34.0. The van der Waals surface area contributed by atoms with Gasteiger partial charge in [-0.25, -0.2) is 0 Å². The molecule has 49 heavy (non-hydrogen) atoms. The summed E-state index contributed by atoms with van der Waals surface area (Å²) < 4.78 is 12.9. The van der Waals surface area contributed by atoms with E-state index in [-0.39, 0.29) is 33.9 Å². The lowest BCUT2D eigenvalue weighted by atomic mass is 9.34. The lowest BCUT2D eigenvalue weighted by Gasteiger charge is -2.71. The number of fused-ring (bicyclic) bond motifs is 7. The molecule has 0 amide bonds. The first-order chi connectivity index (χ1) is 23.3. The van der Waals surface area contributed by atoms with E-state index in [1.165, 1.54) is 128 Å². The summed E-state index contributed by atoms with van der Waals surface area (Å²) in [6, 6.07) is 0. The SMILES string of the molecule is CCCCCCCCCCCCCCCC(=O)OC1CC[C@@]2(C)C(CC[C@]3(C)C2CC=C2C4[C@@H](C)[C@H](C)CC[C@]4(OC)CC[C@]23C)C1(C)C. The van der Waals surface area contributed by atoms with Gasteiger partial charge in [0.15, 0.2) is 0 Å². The van der Waals surface area contributed by atoms with E-state index >= 15 is 0 Å². The summed E-state index contributed by atoms with van der Waals surface area (Å²) in [6.07, 6.45) is 31.7. The summed E-state index contributed by atoms with van der Waals surface area (Å²) >= 11 is 0. The van der Waals surface area contributed by atoms with Crippen molar-refractivity contribution in [2.24, 2.45) is 51.2 Å². The molecular formula is C46H80O3. The molecule has 4 saturated carbocycles. The van der Waals surface area contributed by atoms with Crippen molar-refractivity contribution in [2.45, 2.75) is 215 Å². The van der Waals surface area contributed by atoms with Gasteiger partial charge in [-0.05, 0) is 104 Å². The molecule has 3 heteroatoms. The summed E-state index contributed by atoms with van der Waals surface area (Å²) in [5.74, 6) is 3.33. The molecule has 0 N–H and O–H groups in total. The average Bonchev–Trinajstić information content (AvgIpc) is 3.06. The Hall–Kier alpha value is -0.830. The molecular weight excluding hydrogens is 601 g/mol. The Morgan fingerprint density at radius 1 is 0.735 bits per heavy atom. The van der Waals surface area contributed by atoms with Gasteiger partial charge < -0.3 is 9.47 Å². The van der Waals surface area contributed by atoms with Gasteiger partial charge in [0, 0.05) is 24.9 Å². The summed E-state index contributed by atoms with van der Waals surface area (Å²) in [6.45, 7) is 20.3. The first kappa shape index (κ1) is 39.4. The normalized spacial score (nSPS) is 41.1. The molecule has 0 saturated heterocycles. The van der Waals surface area contributed by atoms with Crippen LogP contribution in [0.5, 0.6) is 0 Å². The second kappa shape index (κ2) is 16.0. The molecule has 10 atom stereocenters. The van der Waals surface area contributed by atoms with Crippen molar-refractivity contribution < 1.29 is 14.3 Å². The van der Waals surface area contributed by atoms with Gasteiger partial charge in [0.1, 0.15) is 6.10 Å². The van der Waals surface area contributed by atoms with Gasteiger partial charge in [-0.2, -0.15) is 0 Å². The van der Waals surface area contributed by atoms with E-state index < -0.39 is 0 Å². The van der Waals surface area contributed by atoms with Crippen LogP contribution in [-0.2, 0) is 14.3 Å². The number of esters is 1. The number of methoxy groups -OCH3 is 1. The van der Waals surface area contributed by atoms with Crippen LogP contribution in [0.2, 0.25) is 0 Å². The zero-order valence-electron chi connectivity index (χ0n) is 34.0. The molecule has 3 nitrogen and oxygen atoms in total. The minimum absolute atomic E-state index is 0.00989. The molecule has 0 heterocycles. The molecule has 282 valence electrons. The summed E-state index contributed by atoms with van der Waals surface area (Å²) in [4.78, 5) is 13.2. The van der Waals surface area contributed by atoms with Crippen molar-refractivity contribution in [3.63, 3.8) is 0 Å². The van der Waals surface area contributed by atoms with Crippen LogP contribution in [0.1, 0.15) is 203 Å². The van der Waals surface area contributed by atoms with Crippen LogP contribution in [0, 0.1) is 51.2 Å². The fraction of sp³-hybridized carbons (Fsp3) is 0.935. The highest BCUT2D eigenvalue weighted by atomic mass is 16.5. The van der Waals surface area contributed by atoms with Crippen molar-refractivity contribution in [3.05, 3.63) is 11.6 Å². The smallest absolute Gasteiger partial charge is 0.306 e. The molecule has 4 unspecified atom stereocenters. The average molecular weight is 681 g/mol. The highest BCUT2D eigenvalue weighted by molar-refractivity contribution is 5.69. The molecule has 0 bridgehead atoms. The van der Waals surface area contributed by atoms with Crippen LogP contribution < -0.4 is 0 Å². The molecule has 5 aliphatic carbocycles. The third-order valence-corrected chi connectivity index (χ3v) is 17.0. The van der Waals surface area contributed by atoms with E-state index in [1.54, 1.807) is 5.57 Å². The van der Waals surface area contributed by atoms with Gasteiger partial charge in [0.2, 0.25) is 0 Å². The van der Waals surface area contributed by atoms with Crippen LogP contribution in [0.15, 0.2) is 11.6 Å². The monoisotopic (exact) mass is 681 g/mol. The van der Waals surface area contributed by atoms with Crippen molar-refractivity contribution in [1.29, 1.82) is 0 Å². The van der Waals surface area contributed by atoms with E-state index in [4.69, 9.17) is 9.47 Å². The Morgan fingerprint density at radius 2 is 1.35 bits per heavy atom. The lowest BCUT2D eigenvalue weighted by Crippen LogP contribution is -2.66. The predicted octanol–water partition coefficient (Wildman–Crippen LogP) is 13.4. The fourth-order valence-corrected chi connectivity index (χ4v) is 13.5. The first-order valence-corrected chi connectivity index (χ1v) is 21.8. The molecule has 5 aliphatic rings. The third-order valence-electron chi connectivity index (χ3n) is 17.0. The first-order valence-electron chi connectivity index (χ1n) is 21.8. The molecule has 0 aromatic heterocycles. The third kappa shape index (κ3) is 7.38. The second-order valence-electron chi connectivity index (χ2n) is 19.7. The van der Waals surface area contributed by atoms with E-state index in [1.807, 2.05) is 7.11 Å². The predicted molar refractivity (Wildman–Crippen MR) is 206 cm³/mol. The number of unbranched alkanes of at least 4 members (excludes halogenated alkanes) is 12. The standard InChI is InChI=1S/C46H80O3/c1-10-11-12-13-14-15-16-17-18-19-20-21-22-23-40(47)49-39-28-29-43(6)37(42(39,4)5)27-30-45(8)38(43)25-24-36-41-35(3)34(2)26-31-46(41,48-9)33-32-44(36,45)7/h24,34-35,37-39,41H,10-23,25-33H2,1-9H3/t34-,35+,37?,38?,39?,41?,43+,44-,45-,46+/m1/s1. The van der Waals surface area contributed by atoms with Gasteiger partial charge in [-0.3, -0.25) is 4.79 Å². The number of allylic oxidation sites excluding steroid dienone is 1. The van der Waals surface area contributed by atoms with Crippen LogP contribution in [0.25, 0.3) is 0 Å². The molecule has 0 radical (unpaired) electrons. The molecule has 0 spiro atoms. The number of hydrogen-bond acceptors (Lipinski definition) is 3. The van der Waals surface area contributed by atoms with Crippen LogP contribution in [0.3, 0.4) is 0 Å². The summed E-state index contributed by atoms with van der Waals surface area (Å²) in [7, 11) is 2.01. The second-order valence-corrected chi connectivity index (χ2v) is 19.7. The number of ether oxygens (including phenoxy) is 2. The fourth-order valence-electron chi connectivity index (χ4n) is 13.5. The van der Waals surface area contributed by atoms with E-state index in [0.29, 0.717) is 35.5 Å². The maximum absolute atomic E-state index is 13.2. The van der Waals surface area contributed by atoms with Crippen molar-refractivity contribution in [1.82, 2.24) is 0 Å². The van der Waals surface area contributed by atoms with Crippen molar-refractivity contribution in [2.75, 3.05) is 7.11 Å². The topological polar surface area (TPSA) is 35.5 Å². The maximum atomic E-state index is 13.2. The Morgan fingerprint density at radius 3 is 1.96 bits per heavy atom. The quantitative estimate of drug-likeness (QED) is 0.0924. The van der Waals surface area contributed by atoms with Crippen molar-refractivity contribution in [3.8, 4) is 0 Å². The minimum Gasteiger partial charge on any atom is -0.462 e. The minimum atomic E-state index is 0.00989. The largest absolute Gasteiger partial charge is 0.462 e. The maximum Gasteiger partial charge on any atom is 0.306 e.